The molecule has 3 nitrogen and oxygen atoms in total. The quantitative estimate of drug-likeness (QED) is 0.831. The first-order valence-corrected chi connectivity index (χ1v) is 4.88. The summed E-state index contributed by atoms with van der Waals surface area (Å²) in [6.45, 7) is 1.60. The summed E-state index contributed by atoms with van der Waals surface area (Å²) in [5, 5.41) is 3.28. The molecule has 1 saturated heterocycles. The van der Waals surface area contributed by atoms with E-state index in [1.54, 1.807) is 0 Å². The van der Waals surface area contributed by atoms with E-state index in [0.717, 1.165) is 19.0 Å². The number of nitrogens with one attached hydrogen (secondary N) is 1. The smallest absolute Gasteiger partial charge is 0.127 e. The molecule has 64 valence electrons. The predicted molar refractivity (Wildman–Crippen MR) is 55.2 cm³/mol. The second kappa shape index (κ2) is 3.57. The van der Waals surface area contributed by atoms with Crippen LogP contribution in [0.25, 0.3) is 0 Å². The fourth-order valence-electron chi connectivity index (χ4n) is 1.01. The van der Waals surface area contributed by atoms with Crippen LogP contribution in [0.4, 0.5) is 5.82 Å². The summed E-state index contributed by atoms with van der Waals surface area (Å²) < 4.78 is 6.24. The lowest BCUT2D eigenvalue weighted by Crippen LogP contribution is -2.40. The molecule has 0 aromatic carbocycles. The summed E-state index contributed by atoms with van der Waals surface area (Å²) in [6.07, 6.45) is 1.81. The number of ether oxygens (including phenoxy) is 1. The van der Waals surface area contributed by atoms with Crippen LogP contribution in [-0.4, -0.2) is 24.2 Å². The van der Waals surface area contributed by atoms with Crippen LogP contribution < -0.4 is 5.32 Å². The van der Waals surface area contributed by atoms with Crippen LogP contribution in [0, 0.1) is 3.57 Å². The number of hydrogen-bond acceptors (Lipinski definition) is 3. The third kappa shape index (κ3) is 1.87. The maximum absolute atomic E-state index is 5.05. The van der Waals surface area contributed by atoms with Crippen LogP contribution >= 0.6 is 22.6 Å². The molecule has 2 rings (SSSR count). The van der Waals surface area contributed by atoms with Crippen molar-refractivity contribution >= 4 is 28.4 Å². The second-order valence-electron chi connectivity index (χ2n) is 2.74. The van der Waals surface area contributed by atoms with Gasteiger partial charge in [0.1, 0.15) is 5.82 Å². The Kier molecular flexibility index (Phi) is 2.45. The number of rotatable bonds is 2. The Hall–Kier alpha value is -0.360. The molecule has 0 atom stereocenters. The summed E-state index contributed by atoms with van der Waals surface area (Å²) in [5.74, 6) is 0.940. The SMILES string of the molecule is Ic1ccnc(NC2COC2)c1. The van der Waals surface area contributed by atoms with Crippen molar-refractivity contribution < 1.29 is 4.74 Å². The molecule has 1 N–H and O–H groups in total. The Balaban J connectivity index is 2.02. The van der Waals surface area contributed by atoms with Crippen molar-refractivity contribution in [1.82, 2.24) is 4.98 Å². The summed E-state index contributed by atoms with van der Waals surface area (Å²) in [4.78, 5) is 4.19. The minimum absolute atomic E-state index is 0.454. The van der Waals surface area contributed by atoms with Crippen molar-refractivity contribution in [3.8, 4) is 0 Å². The van der Waals surface area contributed by atoms with Crippen molar-refractivity contribution in [3.63, 3.8) is 0 Å². The van der Waals surface area contributed by atoms with E-state index in [1.165, 1.54) is 3.57 Å². The fraction of sp³-hybridized carbons (Fsp3) is 0.375. The zero-order valence-electron chi connectivity index (χ0n) is 6.46. The lowest BCUT2D eigenvalue weighted by molar-refractivity contribution is 0.0209. The minimum atomic E-state index is 0.454. The molecule has 1 aromatic rings. The molecular weight excluding hydrogens is 267 g/mol. The normalized spacial score (nSPS) is 17.1. The zero-order valence-corrected chi connectivity index (χ0v) is 8.61. The van der Waals surface area contributed by atoms with Gasteiger partial charge in [-0.15, -0.1) is 0 Å². The molecule has 12 heavy (non-hydrogen) atoms. The third-order valence-electron chi connectivity index (χ3n) is 1.71. The summed E-state index contributed by atoms with van der Waals surface area (Å²) >= 11 is 2.27. The maximum Gasteiger partial charge on any atom is 0.127 e. The highest BCUT2D eigenvalue weighted by atomic mass is 127. The standard InChI is InChI=1S/C8H9IN2O/c9-6-1-2-10-8(3-6)11-7-4-12-5-7/h1-3,7H,4-5H2,(H,10,11). The molecule has 0 bridgehead atoms. The van der Waals surface area contributed by atoms with Crippen LogP contribution in [0.2, 0.25) is 0 Å². The topological polar surface area (TPSA) is 34.2 Å². The largest absolute Gasteiger partial charge is 0.377 e. The van der Waals surface area contributed by atoms with Gasteiger partial charge in [-0.05, 0) is 34.7 Å². The Morgan fingerprint density at radius 2 is 2.42 bits per heavy atom. The second-order valence-corrected chi connectivity index (χ2v) is 3.98. The average molecular weight is 276 g/mol. The number of aromatic nitrogens is 1. The van der Waals surface area contributed by atoms with Gasteiger partial charge in [0.2, 0.25) is 0 Å². The summed E-state index contributed by atoms with van der Waals surface area (Å²) in [6, 6.07) is 4.46. The highest BCUT2D eigenvalue weighted by molar-refractivity contribution is 14.1. The molecule has 0 aliphatic carbocycles. The van der Waals surface area contributed by atoms with Gasteiger partial charge in [0.15, 0.2) is 0 Å². The molecule has 1 aliphatic rings. The Labute approximate surface area is 84.7 Å². The molecule has 0 saturated carbocycles. The molecule has 1 fully saturated rings. The zero-order chi connectivity index (χ0) is 8.39. The van der Waals surface area contributed by atoms with E-state index in [9.17, 15) is 0 Å². The number of halogens is 1. The number of nitrogens with zero attached hydrogens (tertiary/aromatic N) is 1. The average Bonchev–Trinajstić information content (AvgIpc) is 1.97. The van der Waals surface area contributed by atoms with Gasteiger partial charge in [-0.2, -0.15) is 0 Å². The highest BCUT2D eigenvalue weighted by Gasteiger charge is 2.17. The van der Waals surface area contributed by atoms with E-state index in [-0.39, 0.29) is 0 Å². The van der Waals surface area contributed by atoms with Crippen LogP contribution in [0.1, 0.15) is 0 Å². The molecule has 0 radical (unpaired) electrons. The molecular formula is C8H9IN2O. The van der Waals surface area contributed by atoms with Crippen molar-refractivity contribution in [2.45, 2.75) is 6.04 Å². The first-order valence-electron chi connectivity index (χ1n) is 3.80. The molecule has 0 spiro atoms. The van der Waals surface area contributed by atoms with E-state index in [2.05, 4.69) is 32.9 Å². The molecule has 0 unspecified atom stereocenters. The van der Waals surface area contributed by atoms with E-state index in [1.807, 2.05) is 18.3 Å². The van der Waals surface area contributed by atoms with Crippen molar-refractivity contribution in [3.05, 3.63) is 21.9 Å². The van der Waals surface area contributed by atoms with Crippen LogP contribution in [0.3, 0.4) is 0 Å². The summed E-state index contributed by atoms with van der Waals surface area (Å²) in [7, 11) is 0. The first-order chi connectivity index (χ1) is 5.84. The fourth-order valence-corrected chi connectivity index (χ4v) is 1.47. The maximum atomic E-state index is 5.05. The van der Waals surface area contributed by atoms with Gasteiger partial charge < -0.3 is 10.1 Å². The molecule has 2 heterocycles. The monoisotopic (exact) mass is 276 g/mol. The minimum Gasteiger partial charge on any atom is -0.377 e. The van der Waals surface area contributed by atoms with Gasteiger partial charge in [0.25, 0.3) is 0 Å². The van der Waals surface area contributed by atoms with Gasteiger partial charge in [-0.3, -0.25) is 0 Å². The van der Waals surface area contributed by atoms with Gasteiger partial charge in [0.05, 0.1) is 19.3 Å². The number of anilines is 1. The van der Waals surface area contributed by atoms with Crippen molar-refractivity contribution in [2.24, 2.45) is 0 Å². The highest BCUT2D eigenvalue weighted by Crippen LogP contribution is 2.12. The van der Waals surface area contributed by atoms with Gasteiger partial charge in [-0.1, -0.05) is 0 Å². The van der Waals surface area contributed by atoms with E-state index in [4.69, 9.17) is 4.74 Å². The lowest BCUT2D eigenvalue weighted by atomic mass is 10.2. The van der Waals surface area contributed by atoms with E-state index >= 15 is 0 Å². The van der Waals surface area contributed by atoms with E-state index < -0.39 is 0 Å². The molecule has 1 aliphatic heterocycles. The Morgan fingerprint density at radius 1 is 1.58 bits per heavy atom. The lowest BCUT2D eigenvalue weighted by Gasteiger charge is -2.27. The Morgan fingerprint density at radius 3 is 3.00 bits per heavy atom. The predicted octanol–water partition coefficient (Wildman–Crippen LogP) is 1.50. The molecule has 1 aromatic heterocycles. The van der Waals surface area contributed by atoms with Crippen molar-refractivity contribution in [1.29, 1.82) is 0 Å². The Bertz CT molecular complexity index is 276. The number of pyridine rings is 1. The molecule has 0 amide bonds. The van der Waals surface area contributed by atoms with E-state index in [0.29, 0.717) is 6.04 Å². The molecule has 4 heteroatoms. The van der Waals surface area contributed by atoms with Gasteiger partial charge in [-0.25, -0.2) is 4.98 Å². The van der Waals surface area contributed by atoms with Gasteiger partial charge in [0, 0.05) is 9.77 Å². The number of hydrogen-bond donors (Lipinski definition) is 1. The van der Waals surface area contributed by atoms with Crippen LogP contribution in [0.15, 0.2) is 18.3 Å². The third-order valence-corrected chi connectivity index (χ3v) is 2.38. The van der Waals surface area contributed by atoms with Gasteiger partial charge >= 0.3 is 0 Å². The van der Waals surface area contributed by atoms with Crippen molar-refractivity contribution in [2.75, 3.05) is 18.5 Å². The summed E-state index contributed by atoms with van der Waals surface area (Å²) in [5.41, 5.74) is 0. The first kappa shape index (κ1) is 8.25. The van der Waals surface area contributed by atoms with Crippen LogP contribution in [-0.2, 0) is 4.74 Å². The van der Waals surface area contributed by atoms with Crippen LogP contribution in [0.5, 0.6) is 0 Å².